The maximum absolute atomic E-state index is 12.3. The standard InChI is InChI=1S/C16H20N2OS/c1-10-4-6-13(17)9-15(10)16(19)18-11(2)8-14-7-5-12(3)20-14/h4-7,9,11H,8,17H2,1-3H3,(H,18,19). The minimum atomic E-state index is -0.0596. The third kappa shape index (κ3) is 3.61. The van der Waals surface area contributed by atoms with Gasteiger partial charge in [0.05, 0.1) is 0 Å². The van der Waals surface area contributed by atoms with Crippen molar-refractivity contribution >= 4 is 22.9 Å². The zero-order chi connectivity index (χ0) is 14.7. The van der Waals surface area contributed by atoms with Crippen molar-refractivity contribution in [1.29, 1.82) is 0 Å². The molecular weight excluding hydrogens is 268 g/mol. The summed E-state index contributed by atoms with van der Waals surface area (Å²) < 4.78 is 0. The van der Waals surface area contributed by atoms with Crippen molar-refractivity contribution in [2.45, 2.75) is 33.2 Å². The van der Waals surface area contributed by atoms with Crippen molar-refractivity contribution in [3.05, 3.63) is 51.2 Å². The van der Waals surface area contributed by atoms with E-state index in [4.69, 9.17) is 5.73 Å². The molecule has 2 aromatic rings. The first-order valence-corrected chi connectivity index (χ1v) is 7.49. The van der Waals surface area contributed by atoms with Crippen LogP contribution in [-0.4, -0.2) is 11.9 Å². The van der Waals surface area contributed by atoms with Crippen LogP contribution in [0.15, 0.2) is 30.3 Å². The van der Waals surface area contributed by atoms with Crippen LogP contribution in [-0.2, 0) is 6.42 Å². The smallest absolute Gasteiger partial charge is 0.251 e. The Bertz CT molecular complexity index is 619. The number of rotatable bonds is 4. The lowest BCUT2D eigenvalue weighted by Crippen LogP contribution is -2.34. The fourth-order valence-corrected chi connectivity index (χ4v) is 3.15. The van der Waals surface area contributed by atoms with Gasteiger partial charge in [-0.05, 0) is 50.6 Å². The molecule has 0 saturated heterocycles. The lowest BCUT2D eigenvalue weighted by Gasteiger charge is -2.14. The van der Waals surface area contributed by atoms with Crippen molar-refractivity contribution in [3.63, 3.8) is 0 Å². The second-order valence-electron chi connectivity index (χ2n) is 5.17. The van der Waals surface area contributed by atoms with E-state index in [1.165, 1.54) is 9.75 Å². The van der Waals surface area contributed by atoms with Crippen molar-refractivity contribution in [3.8, 4) is 0 Å². The molecule has 0 radical (unpaired) electrons. The number of hydrogen-bond acceptors (Lipinski definition) is 3. The highest BCUT2D eigenvalue weighted by Gasteiger charge is 2.13. The molecule has 3 N–H and O–H groups in total. The summed E-state index contributed by atoms with van der Waals surface area (Å²) in [5, 5.41) is 3.03. The van der Waals surface area contributed by atoms with Crippen LogP contribution in [0, 0.1) is 13.8 Å². The molecule has 1 unspecified atom stereocenters. The highest BCUT2D eigenvalue weighted by Crippen LogP contribution is 2.17. The van der Waals surface area contributed by atoms with Crippen molar-refractivity contribution in [1.82, 2.24) is 5.32 Å². The number of thiophene rings is 1. The van der Waals surface area contributed by atoms with E-state index in [1.807, 2.05) is 26.0 Å². The number of nitrogens with one attached hydrogen (secondary N) is 1. The van der Waals surface area contributed by atoms with Crippen molar-refractivity contribution in [2.24, 2.45) is 0 Å². The van der Waals surface area contributed by atoms with Gasteiger partial charge in [-0.3, -0.25) is 4.79 Å². The van der Waals surface area contributed by atoms with Gasteiger partial charge < -0.3 is 11.1 Å². The van der Waals surface area contributed by atoms with E-state index in [1.54, 1.807) is 17.4 Å². The van der Waals surface area contributed by atoms with Crippen LogP contribution in [0.2, 0.25) is 0 Å². The Kier molecular flexibility index (Phi) is 4.45. The Morgan fingerprint density at radius 2 is 2.05 bits per heavy atom. The van der Waals surface area contributed by atoms with Gasteiger partial charge in [-0.15, -0.1) is 11.3 Å². The summed E-state index contributed by atoms with van der Waals surface area (Å²) in [7, 11) is 0. The van der Waals surface area contributed by atoms with E-state index in [-0.39, 0.29) is 11.9 Å². The summed E-state index contributed by atoms with van der Waals surface area (Å²) in [5.41, 5.74) is 7.95. The molecule has 1 amide bonds. The predicted molar refractivity (Wildman–Crippen MR) is 85.3 cm³/mol. The topological polar surface area (TPSA) is 55.1 Å². The van der Waals surface area contributed by atoms with Gasteiger partial charge in [0.25, 0.3) is 5.91 Å². The SMILES string of the molecule is Cc1ccc(CC(C)NC(=O)c2cc(N)ccc2C)s1. The third-order valence-corrected chi connectivity index (χ3v) is 4.21. The van der Waals surface area contributed by atoms with Gasteiger partial charge in [-0.2, -0.15) is 0 Å². The first kappa shape index (κ1) is 14.6. The molecule has 1 aromatic heterocycles. The fraction of sp³-hybridized carbons (Fsp3) is 0.312. The van der Waals surface area contributed by atoms with E-state index in [0.29, 0.717) is 11.3 Å². The molecule has 0 bridgehead atoms. The average molecular weight is 288 g/mol. The van der Waals surface area contributed by atoms with Gasteiger partial charge in [-0.25, -0.2) is 0 Å². The zero-order valence-electron chi connectivity index (χ0n) is 12.1. The molecular formula is C16H20N2OS. The van der Waals surface area contributed by atoms with E-state index in [9.17, 15) is 4.79 Å². The van der Waals surface area contributed by atoms with Gasteiger partial charge in [0.15, 0.2) is 0 Å². The second-order valence-corrected chi connectivity index (χ2v) is 6.54. The van der Waals surface area contributed by atoms with Gasteiger partial charge in [0.1, 0.15) is 0 Å². The molecule has 0 spiro atoms. The normalized spacial score (nSPS) is 12.2. The number of aryl methyl sites for hydroxylation is 2. The summed E-state index contributed by atoms with van der Waals surface area (Å²) in [5.74, 6) is -0.0596. The van der Waals surface area contributed by atoms with Gasteiger partial charge >= 0.3 is 0 Å². The summed E-state index contributed by atoms with van der Waals surface area (Å²) in [6.45, 7) is 6.03. The Morgan fingerprint density at radius 1 is 1.30 bits per heavy atom. The lowest BCUT2D eigenvalue weighted by molar-refractivity contribution is 0.0939. The maximum atomic E-state index is 12.3. The molecule has 0 aliphatic heterocycles. The van der Waals surface area contributed by atoms with Crippen molar-refractivity contribution < 1.29 is 4.79 Å². The minimum absolute atomic E-state index is 0.0596. The molecule has 3 nitrogen and oxygen atoms in total. The Labute approximate surface area is 123 Å². The summed E-state index contributed by atoms with van der Waals surface area (Å²) in [6, 6.07) is 9.74. The molecule has 0 saturated carbocycles. The first-order chi connectivity index (χ1) is 9.45. The van der Waals surface area contributed by atoms with Crippen LogP contribution in [0.1, 0.15) is 32.6 Å². The van der Waals surface area contributed by atoms with E-state index in [0.717, 1.165) is 12.0 Å². The molecule has 20 heavy (non-hydrogen) atoms. The Hall–Kier alpha value is -1.81. The summed E-state index contributed by atoms with van der Waals surface area (Å²) in [6.07, 6.45) is 0.853. The number of nitrogens with two attached hydrogens (primary N) is 1. The molecule has 4 heteroatoms. The molecule has 106 valence electrons. The van der Waals surface area contributed by atoms with Crippen LogP contribution in [0.3, 0.4) is 0 Å². The Morgan fingerprint density at radius 3 is 2.70 bits per heavy atom. The second kappa shape index (κ2) is 6.09. The number of benzene rings is 1. The quantitative estimate of drug-likeness (QED) is 0.848. The first-order valence-electron chi connectivity index (χ1n) is 6.68. The largest absolute Gasteiger partial charge is 0.399 e. The van der Waals surface area contributed by atoms with Crippen LogP contribution >= 0.6 is 11.3 Å². The number of carbonyl (C=O) groups is 1. The number of amides is 1. The molecule has 0 fully saturated rings. The highest BCUT2D eigenvalue weighted by molar-refractivity contribution is 7.11. The van der Waals surface area contributed by atoms with Crippen LogP contribution in [0.4, 0.5) is 5.69 Å². The zero-order valence-corrected chi connectivity index (χ0v) is 12.9. The predicted octanol–water partition coefficient (Wildman–Crippen LogP) is 3.31. The number of anilines is 1. The van der Waals surface area contributed by atoms with Crippen molar-refractivity contribution in [2.75, 3.05) is 5.73 Å². The molecule has 1 aromatic carbocycles. The third-order valence-electron chi connectivity index (χ3n) is 3.19. The monoisotopic (exact) mass is 288 g/mol. The maximum Gasteiger partial charge on any atom is 0.251 e. The highest BCUT2D eigenvalue weighted by atomic mass is 32.1. The molecule has 2 rings (SSSR count). The minimum Gasteiger partial charge on any atom is -0.399 e. The van der Waals surface area contributed by atoms with Crippen LogP contribution in [0.5, 0.6) is 0 Å². The fourth-order valence-electron chi connectivity index (χ4n) is 2.13. The van der Waals surface area contributed by atoms with Crippen LogP contribution < -0.4 is 11.1 Å². The number of carbonyl (C=O) groups excluding carboxylic acids is 1. The Balaban J connectivity index is 2.02. The summed E-state index contributed by atoms with van der Waals surface area (Å²) >= 11 is 1.77. The molecule has 0 aliphatic carbocycles. The van der Waals surface area contributed by atoms with E-state index < -0.39 is 0 Å². The number of nitrogen functional groups attached to an aromatic ring is 1. The van der Waals surface area contributed by atoms with E-state index >= 15 is 0 Å². The average Bonchev–Trinajstić information content (AvgIpc) is 2.77. The van der Waals surface area contributed by atoms with Crippen LogP contribution in [0.25, 0.3) is 0 Å². The molecule has 1 atom stereocenters. The lowest BCUT2D eigenvalue weighted by atomic mass is 10.1. The van der Waals surface area contributed by atoms with Gasteiger partial charge in [0, 0.05) is 33.5 Å². The summed E-state index contributed by atoms with van der Waals surface area (Å²) in [4.78, 5) is 14.8. The van der Waals surface area contributed by atoms with Gasteiger partial charge in [0.2, 0.25) is 0 Å². The van der Waals surface area contributed by atoms with E-state index in [2.05, 4.69) is 24.4 Å². The van der Waals surface area contributed by atoms with Gasteiger partial charge in [-0.1, -0.05) is 6.07 Å². The molecule has 0 aliphatic rings. The molecule has 1 heterocycles. The number of hydrogen-bond donors (Lipinski definition) is 2.